The van der Waals surface area contributed by atoms with E-state index in [1.807, 2.05) is 6.20 Å². The van der Waals surface area contributed by atoms with Gasteiger partial charge in [0.2, 0.25) is 0 Å². The molecule has 2 heterocycles. The van der Waals surface area contributed by atoms with Crippen molar-refractivity contribution in [3.8, 4) is 28.1 Å². The number of pyridine rings is 1. The van der Waals surface area contributed by atoms with Crippen LogP contribution >= 0.6 is 0 Å². The molecule has 0 saturated carbocycles. The molecule has 1 aliphatic carbocycles. The summed E-state index contributed by atoms with van der Waals surface area (Å²) in [7, 11) is 0. The molecule has 7 aromatic carbocycles. The van der Waals surface area contributed by atoms with Crippen molar-refractivity contribution in [3.05, 3.63) is 157 Å². The number of rotatable bonds is 2. The molecule has 9 aromatic rings. The highest BCUT2D eigenvalue weighted by molar-refractivity contribution is 6.22. The lowest BCUT2D eigenvalue weighted by Gasteiger charge is -2.22. The molecule has 0 radical (unpaired) electrons. The summed E-state index contributed by atoms with van der Waals surface area (Å²) < 4.78 is 2.36. The summed E-state index contributed by atoms with van der Waals surface area (Å²) in [5.41, 5.74) is 10.2. The Balaban J connectivity index is 1.22. The maximum absolute atomic E-state index is 4.97. The third-order valence-electron chi connectivity index (χ3n) is 10.4. The Morgan fingerprint density at radius 3 is 1.93 bits per heavy atom. The van der Waals surface area contributed by atoms with Gasteiger partial charge in [-0.2, -0.15) is 0 Å². The van der Waals surface area contributed by atoms with Crippen molar-refractivity contribution in [3.63, 3.8) is 0 Å². The number of aromatic nitrogens is 2. The molecule has 216 valence electrons. The van der Waals surface area contributed by atoms with Gasteiger partial charge in [-0.05, 0) is 103 Å². The zero-order valence-corrected chi connectivity index (χ0v) is 25.8. The highest BCUT2D eigenvalue weighted by Crippen LogP contribution is 2.51. The first-order chi connectivity index (χ1) is 22.6. The van der Waals surface area contributed by atoms with Gasteiger partial charge >= 0.3 is 0 Å². The molecule has 2 nitrogen and oxygen atoms in total. The molecule has 10 rings (SSSR count). The number of fused-ring (bicyclic) bond motifs is 10. The van der Waals surface area contributed by atoms with E-state index in [4.69, 9.17) is 4.98 Å². The van der Waals surface area contributed by atoms with Crippen molar-refractivity contribution in [2.75, 3.05) is 0 Å². The van der Waals surface area contributed by atoms with Crippen molar-refractivity contribution >= 4 is 54.1 Å². The minimum atomic E-state index is -0.0823. The summed E-state index contributed by atoms with van der Waals surface area (Å²) >= 11 is 0. The number of benzene rings is 7. The molecule has 0 atom stereocenters. The molecule has 0 amide bonds. The largest absolute Gasteiger partial charge is 0.293 e. The van der Waals surface area contributed by atoms with E-state index in [0.29, 0.717) is 0 Å². The van der Waals surface area contributed by atoms with E-state index in [-0.39, 0.29) is 5.41 Å². The van der Waals surface area contributed by atoms with Gasteiger partial charge in [-0.1, -0.05) is 111 Å². The second-order valence-corrected chi connectivity index (χ2v) is 13.2. The van der Waals surface area contributed by atoms with Gasteiger partial charge in [-0.3, -0.25) is 4.57 Å². The average Bonchev–Trinajstić information content (AvgIpc) is 3.55. The van der Waals surface area contributed by atoms with Crippen LogP contribution in [0.15, 0.2) is 146 Å². The maximum Gasteiger partial charge on any atom is 0.145 e. The van der Waals surface area contributed by atoms with E-state index in [2.05, 4.69) is 158 Å². The Bertz CT molecular complexity index is 2720. The van der Waals surface area contributed by atoms with E-state index < -0.39 is 0 Å². The van der Waals surface area contributed by atoms with Gasteiger partial charge in [0.05, 0.1) is 11.0 Å². The van der Waals surface area contributed by atoms with Crippen LogP contribution in [-0.4, -0.2) is 9.55 Å². The minimum Gasteiger partial charge on any atom is -0.293 e. The fraction of sp³-hybridized carbons (Fsp3) is 0.0682. The maximum atomic E-state index is 4.97. The Morgan fingerprint density at radius 1 is 0.478 bits per heavy atom. The first kappa shape index (κ1) is 25.6. The molecule has 0 N–H and O–H groups in total. The molecule has 0 aliphatic heterocycles. The predicted molar refractivity (Wildman–Crippen MR) is 194 cm³/mol. The number of nitrogens with zero attached hydrogens (tertiary/aromatic N) is 2. The summed E-state index contributed by atoms with van der Waals surface area (Å²) in [6.45, 7) is 4.74. The second kappa shape index (κ2) is 9.15. The lowest BCUT2D eigenvalue weighted by atomic mass is 9.81. The lowest BCUT2D eigenvalue weighted by molar-refractivity contribution is 0.661. The first-order valence-corrected chi connectivity index (χ1v) is 16.0. The summed E-state index contributed by atoms with van der Waals surface area (Å²) in [5, 5.41) is 9.96. The number of hydrogen-bond acceptors (Lipinski definition) is 1. The van der Waals surface area contributed by atoms with Gasteiger partial charge in [0, 0.05) is 27.8 Å². The predicted octanol–water partition coefficient (Wildman–Crippen LogP) is 11.6. The van der Waals surface area contributed by atoms with E-state index in [9.17, 15) is 0 Å². The molecule has 0 saturated heterocycles. The highest BCUT2D eigenvalue weighted by Gasteiger charge is 2.36. The first-order valence-electron chi connectivity index (χ1n) is 16.0. The Kier molecular flexibility index (Phi) is 5.09. The minimum absolute atomic E-state index is 0.0823. The number of hydrogen-bond donors (Lipinski definition) is 0. The van der Waals surface area contributed by atoms with Gasteiger partial charge < -0.3 is 0 Å². The molecule has 0 bridgehead atoms. The van der Waals surface area contributed by atoms with Crippen molar-refractivity contribution in [2.24, 2.45) is 0 Å². The quantitative estimate of drug-likeness (QED) is 0.197. The fourth-order valence-electron chi connectivity index (χ4n) is 8.08. The van der Waals surface area contributed by atoms with E-state index in [0.717, 1.165) is 11.2 Å². The van der Waals surface area contributed by atoms with Crippen LogP contribution in [0.25, 0.3) is 82.2 Å². The van der Waals surface area contributed by atoms with Gasteiger partial charge in [0.15, 0.2) is 0 Å². The van der Waals surface area contributed by atoms with Crippen LogP contribution in [0, 0.1) is 0 Å². The summed E-state index contributed by atoms with van der Waals surface area (Å²) in [6, 6.07) is 51.4. The average molecular weight is 587 g/mol. The van der Waals surface area contributed by atoms with Crippen LogP contribution in [0.4, 0.5) is 0 Å². The van der Waals surface area contributed by atoms with Crippen LogP contribution in [0.1, 0.15) is 25.0 Å². The fourth-order valence-corrected chi connectivity index (χ4v) is 8.08. The summed E-state index contributed by atoms with van der Waals surface area (Å²) in [5.74, 6) is 0.963. The Hall–Kier alpha value is -5.73. The molecule has 1 aliphatic rings. The second-order valence-electron chi connectivity index (χ2n) is 13.2. The Labute approximate surface area is 267 Å². The molecular formula is C44H30N2. The van der Waals surface area contributed by atoms with Crippen LogP contribution < -0.4 is 0 Å². The summed E-state index contributed by atoms with van der Waals surface area (Å²) in [6.07, 6.45) is 1.93. The van der Waals surface area contributed by atoms with Crippen LogP contribution in [0.5, 0.6) is 0 Å². The zero-order valence-electron chi connectivity index (χ0n) is 25.8. The highest BCUT2D eigenvalue weighted by atomic mass is 15.1. The molecule has 2 heteroatoms. The SMILES string of the molecule is CC1(C)c2cc(-c3ccc4c(c3)c3c5ccccc5ccc3n4-c3nccc4ccccc34)ccc2-c2cc3ccccc3cc21. The smallest absolute Gasteiger partial charge is 0.145 e. The molecule has 0 fully saturated rings. The van der Waals surface area contributed by atoms with Crippen molar-refractivity contribution in [1.29, 1.82) is 0 Å². The molecule has 2 aromatic heterocycles. The molecule has 0 unspecified atom stereocenters. The van der Waals surface area contributed by atoms with Gasteiger partial charge in [0.1, 0.15) is 5.82 Å². The van der Waals surface area contributed by atoms with Crippen LogP contribution in [-0.2, 0) is 5.41 Å². The van der Waals surface area contributed by atoms with Gasteiger partial charge in [0.25, 0.3) is 0 Å². The van der Waals surface area contributed by atoms with Crippen molar-refractivity contribution < 1.29 is 0 Å². The van der Waals surface area contributed by atoms with Crippen LogP contribution in [0.2, 0.25) is 0 Å². The lowest BCUT2D eigenvalue weighted by Crippen LogP contribution is -2.15. The van der Waals surface area contributed by atoms with Crippen molar-refractivity contribution in [1.82, 2.24) is 9.55 Å². The Morgan fingerprint density at radius 2 is 1.11 bits per heavy atom. The van der Waals surface area contributed by atoms with Gasteiger partial charge in [-0.15, -0.1) is 0 Å². The molecule has 46 heavy (non-hydrogen) atoms. The van der Waals surface area contributed by atoms with Gasteiger partial charge in [-0.25, -0.2) is 4.98 Å². The topological polar surface area (TPSA) is 17.8 Å². The monoisotopic (exact) mass is 586 g/mol. The zero-order chi connectivity index (χ0) is 30.6. The van der Waals surface area contributed by atoms with Crippen molar-refractivity contribution in [2.45, 2.75) is 19.3 Å². The standard InChI is InChI=1S/C44H30N2/c1-44(2)38-26-32(15-18-35(38)36-23-29-11-3-4-12-30(29)25-39(36)44)31-17-19-40-37(24-31)42-33-13-7-5-9-27(33)16-20-41(42)46(40)43-34-14-8-6-10-28(34)21-22-45-43/h3-26H,1-2H3. The van der Waals surface area contributed by atoms with Crippen LogP contribution in [0.3, 0.4) is 0 Å². The van der Waals surface area contributed by atoms with E-state index in [1.54, 1.807) is 0 Å². The van der Waals surface area contributed by atoms with E-state index in [1.165, 1.54) is 82.1 Å². The summed E-state index contributed by atoms with van der Waals surface area (Å²) in [4.78, 5) is 4.97. The third-order valence-corrected chi connectivity index (χ3v) is 10.4. The normalized spacial score (nSPS) is 13.6. The molecular weight excluding hydrogens is 556 g/mol. The van der Waals surface area contributed by atoms with E-state index >= 15 is 0 Å². The third kappa shape index (κ3) is 3.44. The molecule has 0 spiro atoms.